The van der Waals surface area contributed by atoms with Crippen LogP contribution in [0.4, 0.5) is 9.18 Å². The van der Waals surface area contributed by atoms with E-state index in [0.29, 0.717) is 13.2 Å². The molecule has 0 fully saturated rings. The summed E-state index contributed by atoms with van der Waals surface area (Å²) in [7, 11) is 0. The zero-order valence-corrected chi connectivity index (χ0v) is 9.49. The first-order chi connectivity index (χ1) is 8.18. The maximum Gasteiger partial charge on any atom is 0.404 e. The Labute approximate surface area is 99.2 Å². The van der Waals surface area contributed by atoms with E-state index < -0.39 is 6.09 Å². The Bertz CT molecular complexity index is 343. The minimum Gasteiger partial charge on any atom is -0.450 e. The number of rotatable bonds is 7. The molecule has 94 valence electrons. The number of primary amides is 1. The van der Waals surface area contributed by atoms with E-state index in [2.05, 4.69) is 15.0 Å². The van der Waals surface area contributed by atoms with Gasteiger partial charge >= 0.3 is 6.09 Å². The predicted octanol–water partition coefficient (Wildman–Crippen LogP) is 1.19. The molecule has 0 aliphatic heterocycles. The summed E-state index contributed by atoms with van der Waals surface area (Å²) in [4.78, 5) is 14.2. The van der Waals surface area contributed by atoms with E-state index in [1.165, 1.54) is 12.3 Å². The smallest absolute Gasteiger partial charge is 0.404 e. The SMILES string of the molecule is NC(=O)OCCCCNCc1ccc(F)cn1. The summed E-state index contributed by atoms with van der Waals surface area (Å²) in [5.41, 5.74) is 5.60. The van der Waals surface area contributed by atoms with Gasteiger partial charge in [-0.2, -0.15) is 0 Å². The highest BCUT2D eigenvalue weighted by atomic mass is 19.1. The molecule has 0 radical (unpaired) electrons. The summed E-state index contributed by atoms with van der Waals surface area (Å²) in [5, 5.41) is 3.15. The molecule has 0 saturated heterocycles. The van der Waals surface area contributed by atoms with Gasteiger partial charge in [0, 0.05) is 6.54 Å². The first-order valence-electron chi connectivity index (χ1n) is 5.42. The van der Waals surface area contributed by atoms with Gasteiger partial charge in [0.05, 0.1) is 18.5 Å². The van der Waals surface area contributed by atoms with E-state index in [0.717, 1.165) is 25.1 Å². The molecular weight excluding hydrogens is 225 g/mol. The van der Waals surface area contributed by atoms with Crippen LogP contribution in [-0.4, -0.2) is 24.2 Å². The fraction of sp³-hybridized carbons (Fsp3) is 0.455. The summed E-state index contributed by atoms with van der Waals surface area (Å²) in [6, 6.07) is 3.02. The fourth-order valence-corrected chi connectivity index (χ4v) is 1.25. The summed E-state index contributed by atoms with van der Waals surface area (Å²) in [6.07, 6.45) is 2.08. The highest BCUT2D eigenvalue weighted by molar-refractivity contribution is 5.64. The van der Waals surface area contributed by atoms with Crippen molar-refractivity contribution in [3.05, 3.63) is 29.8 Å². The third kappa shape index (κ3) is 6.47. The molecule has 0 bridgehead atoms. The Balaban J connectivity index is 2.01. The topological polar surface area (TPSA) is 77.2 Å². The van der Waals surface area contributed by atoms with Gasteiger partial charge in [-0.15, -0.1) is 0 Å². The molecule has 1 heterocycles. The number of hydrogen-bond acceptors (Lipinski definition) is 4. The second-order valence-corrected chi connectivity index (χ2v) is 3.52. The normalized spacial score (nSPS) is 10.2. The summed E-state index contributed by atoms with van der Waals surface area (Å²) in [6.45, 7) is 1.71. The molecular formula is C11H16FN3O2. The third-order valence-corrected chi connectivity index (χ3v) is 2.09. The van der Waals surface area contributed by atoms with Crippen molar-refractivity contribution in [3.8, 4) is 0 Å². The molecule has 1 rings (SSSR count). The van der Waals surface area contributed by atoms with Crippen molar-refractivity contribution in [1.82, 2.24) is 10.3 Å². The van der Waals surface area contributed by atoms with Crippen LogP contribution in [0.5, 0.6) is 0 Å². The Kier molecular flexibility index (Phi) is 5.95. The summed E-state index contributed by atoms with van der Waals surface area (Å²) >= 11 is 0. The van der Waals surface area contributed by atoms with Crippen molar-refractivity contribution in [2.45, 2.75) is 19.4 Å². The second kappa shape index (κ2) is 7.56. The van der Waals surface area contributed by atoms with Crippen LogP contribution in [0.1, 0.15) is 18.5 Å². The largest absolute Gasteiger partial charge is 0.450 e. The molecule has 17 heavy (non-hydrogen) atoms. The molecule has 1 aromatic rings. The standard InChI is InChI=1S/C11H16FN3O2/c12-9-3-4-10(15-7-9)8-14-5-1-2-6-17-11(13)16/h3-4,7,14H,1-2,5-6,8H2,(H2,13,16). The van der Waals surface area contributed by atoms with Crippen LogP contribution in [0, 0.1) is 5.82 Å². The van der Waals surface area contributed by atoms with Crippen LogP contribution in [0.25, 0.3) is 0 Å². The van der Waals surface area contributed by atoms with E-state index in [1.807, 2.05) is 0 Å². The van der Waals surface area contributed by atoms with Gasteiger partial charge in [-0.05, 0) is 31.5 Å². The Morgan fingerprint density at radius 1 is 1.47 bits per heavy atom. The van der Waals surface area contributed by atoms with Crippen molar-refractivity contribution in [1.29, 1.82) is 0 Å². The number of pyridine rings is 1. The molecule has 0 aromatic carbocycles. The van der Waals surface area contributed by atoms with Crippen LogP contribution in [0.15, 0.2) is 18.3 Å². The number of aromatic nitrogens is 1. The summed E-state index contributed by atoms with van der Waals surface area (Å²) < 4.78 is 17.1. The zero-order valence-electron chi connectivity index (χ0n) is 9.49. The molecule has 3 N–H and O–H groups in total. The Morgan fingerprint density at radius 2 is 2.29 bits per heavy atom. The van der Waals surface area contributed by atoms with E-state index in [9.17, 15) is 9.18 Å². The minimum absolute atomic E-state index is 0.336. The minimum atomic E-state index is -0.742. The van der Waals surface area contributed by atoms with Gasteiger partial charge in [-0.25, -0.2) is 9.18 Å². The Morgan fingerprint density at radius 3 is 2.94 bits per heavy atom. The number of nitrogens with zero attached hydrogens (tertiary/aromatic N) is 1. The molecule has 0 spiro atoms. The number of amides is 1. The second-order valence-electron chi connectivity index (χ2n) is 3.52. The van der Waals surface area contributed by atoms with Gasteiger partial charge in [0.1, 0.15) is 5.82 Å². The lowest BCUT2D eigenvalue weighted by atomic mass is 10.3. The van der Waals surface area contributed by atoms with E-state index >= 15 is 0 Å². The van der Waals surface area contributed by atoms with Gasteiger partial charge in [0.15, 0.2) is 0 Å². The van der Waals surface area contributed by atoms with Gasteiger partial charge in [-0.1, -0.05) is 0 Å². The van der Waals surface area contributed by atoms with Gasteiger partial charge in [0.2, 0.25) is 0 Å². The lowest BCUT2D eigenvalue weighted by molar-refractivity contribution is 0.154. The molecule has 6 heteroatoms. The van der Waals surface area contributed by atoms with Crippen LogP contribution in [-0.2, 0) is 11.3 Å². The quantitative estimate of drug-likeness (QED) is 0.703. The highest BCUT2D eigenvalue weighted by Gasteiger charge is 1.96. The van der Waals surface area contributed by atoms with Crippen molar-refractivity contribution < 1.29 is 13.9 Å². The number of halogens is 1. The van der Waals surface area contributed by atoms with Crippen molar-refractivity contribution >= 4 is 6.09 Å². The van der Waals surface area contributed by atoms with E-state index in [4.69, 9.17) is 5.73 Å². The number of carbonyl (C=O) groups excluding carboxylic acids is 1. The van der Waals surface area contributed by atoms with Crippen LogP contribution >= 0.6 is 0 Å². The molecule has 1 amide bonds. The van der Waals surface area contributed by atoms with Gasteiger partial charge < -0.3 is 15.8 Å². The van der Waals surface area contributed by atoms with E-state index in [1.54, 1.807) is 6.07 Å². The fourth-order valence-electron chi connectivity index (χ4n) is 1.25. The van der Waals surface area contributed by atoms with Gasteiger partial charge in [0.25, 0.3) is 0 Å². The highest BCUT2D eigenvalue weighted by Crippen LogP contribution is 1.97. The summed E-state index contributed by atoms with van der Waals surface area (Å²) in [5.74, 6) is -0.336. The zero-order chi connectivity index (χ0) is 12.5. The third-order valence-electron chi connectivity index (χ3n) is 2.09. The van der Waals surface area contributed by atoms with Crippen LogP contribution < -0.4 is 11.1 Å². The number of hydrogen-bond donors (Lipinski definition) is 2. The van der Waals surface area contributed by atoms with Crippen molar-refractivity contribution in [3.63, 3.8) is 0 Å². The molecule has 0 unspecified atom stereocenters. The number of nitrogens with one attached hydrogen (secondary N) is 1. The molecule has 0 atom stereocenters. The number of ether oxygens (including phenoxy) is 1. The molecule has 0 aliphatic carbocycles. The molecule has 5 nitrogen and oxygen atoms in total. The van der Waals surface area contributed by atoms with Crippen LogP contribution in [0.3, 0.4) is 0 Å². The first kappa shape index (κ1) is 13.4. The lowest BCUT2D eigenvalue weighted by Gasteiger charge is -2.04. The van der Waals surface area contributed by atoms with Gasteiger partial charge in [-0.3, -0.25) is 4.98 Å². The van der Waals surface area contributed by atoms with E-state index in [-0.39, 0.29) is 5.82 Å². The maximum atomic E-state index is 12.5. The molecule has 1 aromatic heterocycles. The average molecular weight is 241 g/mol. The lowest BCUT2D eigenvalue weighted by Crippen LogP contribution is -2.17. The first-order valence-corrected chi connectivity index (χ1v) is 5.42. The Hall–Kier alpha value is -1.69. The number of carbonyl (C=O) groups is 1. The number of nitrogens with two attached hydrogens (primary N) is 1. The monoisotopic (exact) mass is 241 g/mol. The van der Waals surface area contributed by atoms with Crippen molar-refractivity contribution in [2.75, 3.05) is 13.2 Å². The van der Waals surface area contributed by atoms with Crippen molar-refractivity contribution in [2.24, 2.45) is 5.73 Å². The van der Waals surface area contributed by atoms with Crippen LogP contribution in [0.2, 0.25) is 0 Å². The maximum absolute atomic E-state index is 12.5. The predicted molar refractivity (Wildman–Crippen MR) is 60.7 cm³/mol. The molecule has 0 saturated carbocycles. The number of unbranched alkanes of at least 4 members (excludes halogenated alkanes) is 1. The average Bonchev–Trinajstić information content (AvgIpc) is 2.30. The molecule has 0 aliphatic rings.